The number of rotatable bonds is 1. The van der Waals surface area contributed by atoms with E-state index in [1.807, 2.05) is 0 Å². The van der Waals surface area contributed by atoms with E-state index in [1.54, 1.807) is 0 Å². The van der Waals surface area contributed by atoms with Crippen molar-refractivity contribution >= 4 is 0 Å². The smallest absolute Gasteiger partial charge is 0.0712 e. The zero-order valence-corrected chi connectivity index (χ0v) is 9.39. The molecule has 13 heavy (non-hydrogen) atoms. The highest BCUT2D eigenvalue weighted by atomic mass is 16.5. The molecule has 3 rings (SSSR count). The molecule has 1 saturated carbocycles. The van der Waals surface area contributed by atoms with Crippen LogP contribution < -0.4 is 0 Å². The first-order valence-electron chi connectivity index (χ1n) is 5.66. The zero-order chi connectivity index (χ0) is 9.69. The molecule has 0 aromatic heterocycles. The molecule has 2 bridgehead atoms. The molecule has 0 radical (unpaired) electrons. The van der Waals surface area contributed by atoms with Gasteiger partial charge in [-0.15, -0.1) is 0 Å². The van der Waals surface area contributed by atoms with Crippen LogP contribution in [0.2, 0.25) is 0 Å². The second-order valence-electron chi connectivity index (χ2n) is 5.66. The van der Waals surface area contributed by atoms with Crippen LogP contribution in [-0.4, -0.2) is 11.2 Å². The molecule has 2 aliphatic heterocycles. The predicted molar refractivity (Wildman–Crippen MR) is 54.7 cm³/mol. The van der Waals surface area contributed by atoms with Crippen molar-refractivity contribution in [3.05, 3.63) is 0 Å². The first-order chi connectivity index (χ1) is 5.96. The van der Waals surface area contributed by atoms with Crippen LogP contribution in [0.5, 0.6) is 0 Å². The lowest BCUT2D eigenvalue weighted by Crippen LogP contribution is -2.57. The van der Waals surface area contributed by atoms with E-state index in [0.29, 0.717) is 5.92 Å². The normalized spacial score (nSPS) is 50.1. The third-order valence-electron chi connectivity index (χ3n) is 4.47. The predicted octanol–water partition coefficient (Wildman–Crippen LogP) is 3.38. The van der Waals surface area contributed by atoms with Gasteiger partial charge < -0.3 is 4.74 Å². The van der Waals surface area contributed by atoms with E-state index in [1.165, 1.54) is 25.7 Å². The van der Waals surface area contributed by atoms with Crippen molar-refractivity contribution in [2.75, 3.05) is 0 Å². The van der Waals surface area contributed by atoms with Crippen LogP contribution in [0.25, 0.3) is 0 Å². The van der Waals surface area contributed by atoms with Crippen LogP contribution in [0.1, 0.15) is 53.4 Å². The highest BCUT2D eigenvalue weighted by Crippen LogP contribution is 2.52. The fraction of sp³-hybridized carbons (Fsp3) is 1.00. The molecule has 0 spiro atoms. The van der Waals surface area contributed by atoms with Gasteiger partial charge in [0.25, 0.3) is 0 Å². The topological polar surface area (TPSA) is 9.23 Å². The van der Waals surface area contributed by atoms with Crippen LogP contribution in [0.3, 0.4) is 0 Å². The van der Waals surface area contributed by atoms with E-state index in [9.17, 15) is 0 Å². The lowest BCUT2D eigenvalue weighted by molar-refractivity contribution is -0.254. The minimum absolute atomic E-state index is 0.158. The Hall–Kier alpha value is -0.0400. The first kappa shape index (κ1) is 9.51. The van der Waals surface area contributed by atoms with Crippen molar-refractivity contribution in [3.8, 4) is 0 Å². The third kappa shape index (κ3) is 1.32. The van der Waals surface area contributed by atoms with E-state index in [2.05, 4.69) is 27.7 Å². The summed E-state index contributed by atoms with van der Waals surface area (Å²) in [7, 11) is 0. The summed E-state index contributed by atoms with van der Waals surface area (Å²) < 4.78 is 6.32. The lowest BCUT2D eigenvalue weighted by Gasteiger charge is -2.57. The Morgan fingerprint density at radius 1 is 1.15 bits per heavy atom. The van der Waals surface area contributed by atoms with Crippen molar-refractivity contribution in [2.24, 2.45) is 11.8 Å². The Labute approximate surface area is 81.9 Å². The van der Waals surface area contributed by atoms with Crippen molar-refractivity contribution in [1.82, 2.24) is 0 Å². The number of ether oxygens (including phenoxy) is 1. The first-order valence-corrected chi connectivity index (χ1v) is 5.66. The van der Waals surface area contributed by atoms with E-state index in [4.69, 9.17) is 4.74 Å². The average molecular weight is 182 g/mol. The Bertz CT molecular complexity index is 201. The standard InChI is InChI=1S/C12H22O/c1-9(2)12(4)10-5-7-11(3,13-12)8-6-10/h9-10H,5-8H2,1-4H3. The molecule has 0 aromatic rings. The maximum atomic E-state index is 6.32. The highest BCUT2D eigenvalue weighted by Gasteiger charge is 2.51. The van der Waals surface area contributed by atoms with Crippen LogP contribution in [0, 0.1) is 11.8 Å². The Balaban J connectivity index is 2.24. The Morgan fingerprint density at radius 3 is 2.00 bits per heavy atom. The monoisotopic (exact) mass is 182 g/mol. The SMILES string of the molecule is CC(C)C1(C)OC2(C)CCC1CC2. The van der Waals surface area contributed by atoms with Crippen LogP contribution >= 0.6 is 0 Å². The summed E-state index contributed by atoms with van der Waals surface area (Å²) in [4.78, 5) is 0. The molecule has 3 fully saturated rings. The van der Waals surface area contributed by atoms with Gasteiger partial charge in [0.1, 0.15) is 0 Å². The maximum Gasteiger partial charge on any atom is 0.0712 e. The van der Waals surface area contributed by atoms with Crippen LogP contribution in [-0.2, 0) is 4.74 Å². The maximum absolute atomic E-state index is 6.32. The van der Waals surface area contributed by atoms with Gasteiger partial charge >= 0.3 is 0 Å². The minimum Gasteiger partial charge on any atom is -0.369 e. The highest BCUT2D eigenvalue weighted by molar-refractivity contribution is 5.01. The van der Waals surface area contributed by atoms with Gasteiger partial charge in [-0.25, -0.2) is 0 Å². The third-order valence-corrected chi connectivity index (χ3v) is 4.47. The average Bonchev–Trinajstić information content (AvgIpc) is 2.03. The van der Waals surface area contributed by atoms with Crippen molar-refractivity contribution < 1.29 is 4.74 Å². The molecule has 1 atom stereocenters. The summed E-state index contributed by atoms with van der Waals surface area (Å²) in [6.07, 6.45) is 5.32. The number of hydrogen-bond acceptors (Lipinski definition) is 1. The molecule has 0 amide bonds. The number of hydrogen-bond donors (Lipinski definition) is 0. The van der Waals surface area contributed by atoms with Crippen molar-refractivity contribution in [2.45, 2.75) is 64.6 Å². The largest absolute Gasteiger partial charge is 0.369 e. The van der Waals surface area contributed by atoms with Gasteiger partial charge in [-0.05, 0) is 51.4 Å². The molecule has 2 heterocycles. The molecule has 0 aromatic carbocycles. The molecular formula is C12H22O. The molecule has 1 aliphatic carbocycles. The van der Waals surface area contributed by atoms with Gasteiger partial charge in [-0.2, -0.15) is 0 Å². The minimum atomic E-state index is 0.158. The van der Waals surface area contributed by atoms with E-state index in [0.717, 1.165) is 5.92 Å². The van der Waals surface area contributed by atoms with Gasteiger partial charge in [0.15, 0.2) is 0 Å². The second kappa shape index (κ2) is 2.73. The molecule has 1 nitrogen and oxygen atoms in total. The van der Waals surface area contributed by atoms with E-state index >= 15 is 0 Å². The van der Waals surface area contributed by atoms with Gasteiger partial charge in [0, 0.05) is 0 Å². The summed E-state index contributed by atoms with van der Waals surface area (Å²) in [6.45, 7) is 9.20. The summed E-state index contributed by atoms with van der Waals surface area (Å²) in [6, 6.07) is 0. The lowest BCUT2D eigenvalue weighted by atomic mass is 9.65. The van der Waals surface area contributed by atoms with Crippen LogP contribution in [0.15, 0.2) is 0 Å². The molecule has 1 unspecified atom stereocenters. The van der Waals surface area contributed by atoms with Gasteiger partial charge in [0.2, 0.25) is 0 Å². The van der Waals surface area contributed by atoms with Gasteiger partial charge in [-0.3, -0.25) is 0 Å². The molecular weight excluding hydrogens is 160 g/mol. The van der Waals surface area contributed by atoms with Crippen molar-refractivity contribution in [3.63, 3.8) is 0 Å². The summed E-state index contributed by atoms with van der Waals surface area (Å²) in [5, 5.41) is 0. The van der Waals surface area contributed by atoms with Gasteiger partial charge in [0.05, 0.1) is 11.2 Å². The summed E-state index contributed by atoms with van der Waals surface area (Å²) in [5.74, 6) is 1.46. The summed E-state index contributed by atoms with van der Waals surface area (Å²) in [5.41, 5.74) is 0.360. The van der Waals surface area contributed by atoms with Crippen molar-refractivity contribution in [1.29, 1.82) is 0 Å². The van der Waals surface area contributed by atoms with Gasteiger partial charge in [-0.1, -0.05) is 13.8 Å². The molecule has 3 aliphatic rings. The molecule has 76 valence electrons. The molecule has 0 N–H and O–H groups in total. The fourth-order valence-electron chi connectivity index (χ4n) is 3.11. The van der Waals surface area contributed by atoms with E-state index < -0.39 is 0 Å². The van der Waals surface area contributed by atoms with E-state index in [-0.39, 0.29) is 11.2 Å². The zero-order valence-electron chi connectivity index (χ0n) is 9.39. The Morgan fingerprint density at radius 2 is 1.69 bits per heavy atom. The fourth-order valence-corrected chi connectivity index (χ4v) is 3.11. The molecule has 2 saturated heterocycles. The Kier molecular flexibility index (Phi) is 1.99. The second-order valence-corrected chi connectivity index (χ2v) is 5.66. The van der Waals surface area contributed by atoms with Crippen LogP contribution in [0.4, 0.5) is 0 Å². The number of fused-ring (bicyclic) bond motifs is 3. The molecule has 1 heteroatoms. The summed E-state index contributed by atoms with van der Waals surface area (Å²) >= 11 is 0. The quantitative estimate of drug-likeness (QED) is 0.604.